The monoisotopic (exact) mass is 130 g/mol. The second-order valence-corrected chi connectivity index (χ2v) is 1.56. The first kappa shape index (κ1) is 7.30. The minimum Gasteiger partial charge on any atom is -0.516 e. The van der Waals surface area contributed by atoms with Crippen molar-refractivity contribution < 1.29 is 9.90 Å². The summed E-state index contributed by atoms with van der Waals surface area (Å²) in [7, 11) is 0. The molecule has 0 bridgehead atoms. The van der Waals surface area contributed by atoms with Gasteiger partial charge in [-0.05, 0) is 12.2 Å². The van der Waals surface area contributed by atoms with Gasteiger partial charge in [-0.3, -0.25) is 4.79 Å². The van der Waals surface area contributed by atoms with E-state index in [1.165, 1.54) is 12.2 Å². The molecule has 0 spiro atoms. The van der Waals surface area contributed by atoms with Gasteiger partial charge in [-0.25, -0.2) is 0 Å². The molecule has 2 nitrogen and oxygen atoms in total. The van der Waals surface area contributed by atoms with E-state index in [2.05, 4.69) is 12.6 Å². The molecule has 0 aromatic rings. The summed E-state index contributed by atoms with van der Waals surface area (Å²) in [5, 5.41) is 8.08. The third-order valence-corrected chi connectivity index (χ3v) is 0.782. The standard InChI is InChI=1S/C5H6O2S/c6-3-1-5(8)2-4-7/h1-4,6,8H/b3-1-,5-2-. The number of thiol groups is 1. The van der Waals surface area contributed by atoms with Crippen LogP contribution in [0, 0.1) is 0 Å². The van der Waals surface area contributed by atoms with Gasteiger partial charge in [0.05, 0.1) is 6.26 Å². The maximum absolute atomic E-state index is 9.65. The van der Waals surface area contributed by atoms with E-state index in [0.717, 1.165) is 6.26 Å². The van der Waals surface area contributed by atoms with Crippen molar-refractivity contribution in [1.82, 2.24) is 0 Å². The zero-order valence-electron chi connectivity index (χ0n) is 4.11. The lowest BCUT2D eigenvalue weighted by atomic mass is 10.5. The van der Waals surface area contributed by atoms with Gasteiger partial charge in [0.25, 0.3) is 0 Å². The largest absolute Gasteiger partial charge is 0.516 e. The van der Waals surface area contributed by atoms with Crippen LogP contribution in [0.15, 0.2) is 23.3 Å². The van der Waals surface area contributed by atoms with Gasteiger partial charge in [-0.15, -0.1) is 12.6 Å². The molecular weight excluding hydrogens is 124 g/mol. The third-order valence-electron chi connectivity index (χ3n) is 0.484. The summed E-state index contributed by atoms with van der Waals surface area (Å²) in [4.78, 5) is 10.1. The van der Waals surface area contributed by atoms with Crippen molar-refractivity contribution in [2.75, 3.05) is 0 Å². The number of carbonyl (C=O) groups excluding carboxylic acids is 1. The summed E-state index contributed by atoms with van der Waals surface area (Å²) < 4.78 is 0. The SMILES string of the molecule is O=C/C=C(S)/C=C\O. The predicted octanol–water partition coefficient (Wildman–Crippen LogP) is 1.07. The molecule has 0 aromatic carbocycles. The topological polar surface area (TPSA) is 37.3 Å². The molecule has 0 aliphatic rings. The van der Waals surface area contributed by atoms with Crippen molar-refractivity contribution >= 4 is 18.9 Å². The van der Waals surface area contributed by atoms with Gasteiger partial charge >= 0.3 is 0 Å². The van der Waals surface area contributed by atoms with Gasteiger partial charge in [0.2, 0.25) is 0 Å². The highest BCUT2D eigenvalue weighted by atomic mass is 32.1. The Morgan fingerprint density at radius 1 is 1.62 bits per heavy atom. The molecule has 0 amide bonds. The van der Waals surface area contributed by atoms with Gasteiger partial charge < -0.3 is 5.11 Å². The van der Waals surface area contributed by atoms with Crippen LogP contribution >= 0.6 is 12.6 Å². The van der Waals surface area contributed by atoms with Crippen LogP contribution in [0.4, 0.5) is 0 Å². The Morgan fingerprint density at radius 3 is 2.62 bits per heavy atom. The second kappa shape index (κ2) is 4.46. The Hall–Kier alpha value is -0.700. The number of aliphatic hydroxyl groups is 1. The first-order valence-electron chi connectivity index (χ1n) is 1.96. The molecule has 0 atom stereocenters. The lowest BCUT2D eigenvalue weighted by Crippen LogP contribution is -1.64. The molecule has 0 fully saturated rings. The molecule has 0 aromatic heterocycles. The van der Waals surface area contributed by atoms with E-state index in [9.17, 15) is 4.79 Å². The highest BCUT2D eigenvalue weighted by molar-refractivity contribution is 7.84. The Bertz CT molecular complexity index is 126. The van der Waals surface area contributed by atoms with Crippen LogP contribution in [-0.4, -0.2) is 11.4 Å². The molecule has 8 heavy (non-hydrogen) atoms. The molecule has 0 saturated heterocycles. The van der Waals surface area contributed by atoms with Crippen LogP contribution in [-0.2, 0) is 4.79 Å². The zero-order chi connectivity index (χ0) is 6.41. The summed E-state index contributed by atoms with van der Waals surface area (Å²) in [6.07, 6.45) is 3.96. The van der Waals surface area contributed by atoms with Crippen LogP contribution in [0.2, 0.25) is 0 Å². The smallest absolute Gasteiger partial charge is 0.143 e. The van der Waals surface area contributed by atoms with E-state index in [4.69, 9.17) is 5.11 Å². The van der Waals surface area contributed by atoms with Crippen molar-refractivity contribution in [3.8, 4) is 0 Å². The minimum absolute atomic E-state index is 0.433. The summed E-state index contributed by atoms with van der Waals surface area (Å²) in [5.41, 5.74) is 0. The van der Waals surface area contributed by atoms with Crippen LogP contribution < -0.4 is 0 Å². The highest BCUT2D eigenvalue weighted by Gasteiger charge is 1.76. The van der Waals surface area contributed by atoms with Gasteiger partial charge in [0.15, 0.2) is 0 Å². The fourth-order valence-electron chi connectivity index (χ4n) is 0.202. The number of rotatable bonds is 2. The molecule has 0 aliphatic carbocycles. The molecule has 0 unspecified atom stereocenters. The number of carbonyl (C=O) groups is 1. The number of aliphatic hydroxyl groups excluding tert-OH is 1. The van der Waals surface area contributed by atoms with Crippen LogP contribution in [0.3, 0.4) is 0 Å². The Kier molecular flexibility index (Phi) is 4.07. The van der Waals surface area contributed by atoms with Crippen molar-refractivity contribution in [2.24, 2.45) is 0 Å². The van der Waals surface area contributed by atoms with E-state index >= 15 is 0 Å². The molecule has 0 heterocycles. The number of hydrogen-bond acceptors (Lipinski definition) is 3. The maximum atomic E-state index is 9.65. The summed E-state index contributed by atoms with van der Waals surface area (Å²) >= 11 is 3.77. The number of allylic oxidation sites excluding steroid dienone is 2. The Morgan fingerprint density at radius 2 is 2.25 bits per heavy atom. The Balaban J connectivity index is 3.79. The molecule has 44 valence electrons. The lowest BCUT2D eigenvalue weighted by Gasteiger charge is -1.79. The molecule has 0 saturated carbocycles. The molecule has 0 aliphatic heterocycles. The normalized spacial score (nSPS) is 12.4. The van der Waals surface area contributed by atoms with Crippen molar-refractivity contribution in [3.05, 3.63) is 23.3 Å². The number of hydrogen-bond donors (Lipinski definition) is 2. The third kappa shape index (κ3) is 3.49. The molecule has 3 heteroatoms. The first-order valence-corrected chi connectivity index (χ1v) is 2.41. The summed E-state index contributed by atoms with van der Waals surface area (Å²) in [6, 6.07) is 0. The van der Waals surface area contributed by atoms with Gasteiger partial charge in [-0.2, -0.15) is 0 Å². The van der Waals surface area contributed by atoms with E-state index in [-0.39, 0.29) is 0 Å². The quantitative estimate of drug-likeness (QED) is 0.193. The average molecular weight is 130 g/mol. The summed E-state index contributed by atoms with van der Waals surface area (Å²) in [5.74, 6) is 0. The van der Waals surface area contributed by atoms with Gasteiger partial charge in [0.1, 0.15) is 6.29 Å². The zero-order valence-corrected chi connectivity index (χ0v) is 5.01. The predicted molar refractivity (Wildman–Crippen MR) is 34.9 cm³/mol. The fourth-order valence-corrected chi connectivity index (χ4v) is 0.329. The average Bonchev–Trinajstić information content (AvgIpc) is 1.68. The highest BCUT2D eigenvalue weighted by Crippen LogP contribution is 1.98. The first-order chi connectivity index (χ1) is 3.81. The molecule has 0 rings (SSSR count). The fraction of sp³-hybridized carbons (Fsp3) is 0. The van der Waals surface area contributed by atoms with E-state index < -0.39 is 0 Å². The van der Waals surface area contributed by atoms with Crippen LogP contribution in [0.25, 0.3) is 0 Å². The second-order valence-electron chi connectivity index (χ2n) is 1.04. The van der Waals surface area contributed by atoms with Crippen molar-refractivity contribution in [2.45, 2.75) is 0 Å². The van der Waals surface area contributed by atoms with Crippen molar-refractivity contribution in [1.29, 1.82) is 0 Å². The minimum atomic E-state index is 0.433. The van der Waals surface area contributed by atoms with Gasteiger partial charge in [-0.1, -0.05) is 0 Å². The van der Waals surface area contributed by atoms with Crippen molar-refractivity contribution in [3.63, 3.8) is 0 Å². The van der Waals surface area contributed by atoms with E-state index in [1.807, 2.05) is 0 Å². The molecular formula is C5H6O2S. The van der Waals surface area contributed by atoms with E-state index in [0.29, 0.717) is 11.2 Å². The lowest BCUT2D eigenvalue weighted by molar-refractivity contribution is -0.104. The Labute approximate surface area is 52.9 Å². The van der Waals surface area contributed by atoms with Crippen LogP contribution in [0.5, 0.6) is 0 Å². The van der Waals surface area contributed by atoms with Gasteiger partial charge in [0, 0.05) is 4.91 Å². The molecule has 1 N–H and O–H groups in total. The summed E-state index contributed by atoms with van der Waals surface area (Å²) in [6.45, 7) is 0. The maximum Gasteiger partial charge on any atom is 0.143 e. The van der Waals surface area contributed by atoms with Crippen LogP contribution in [0.1, 0.15) is 0 Å². The molecule has 0 radical (unpaired) electrons. The number of aldehydes is 1. The van der Waals surface area contributed by atoms with E-state index in [1.54, 1.807) is 0 Å².